The summed E-state index contributed by atoms with van der Waals surface area (Å²) in [6.07, 6.45) is 0. The number of para-hydroxylation sites is 1. The number of nitrogens with zero attached hydrogens (tertiary/aromatic N) is 1. The van der Waals surface area contributed by atoms with Crippen molar-refractivity contribution < 1.29 is 9.66 Å². The smallest absolute Gasteiger partial charge is 0.274 e. The van der Waals surface area contributed by atoms with Gasteiger partial charge in [0.05, 0.1) is 12.0 Å². The van der Waals surface area contributed by atoms with Crippen LogP contribution < -0.4 is 10.1 Å². The third-order valence-electron chi connectivity index (χ3n) is 3.35. The Morgan fingerprint density at radius 3 is 2.71 bits per heavy atom. The third kappa shape index (κ3) is 3.79. The van der Waals surface area contributed by atoms with Crippen LogP contribution in [0.15, 0.2) is 48.5 Å². The minimum atomic E-state index is -0.348. The summed E-state index contributed by atoms with van der Waals surface area (Å²) in [6, 6.07) is 14.4. The molecule has 0 bridgehead atoms. The van der Waals surface area contributed by atoms with Crippen molar-refractivity contribution in [2.45, 2.75) is 19.5 Å². The van der Waals surface area contributed by atoms with E-state index in [2.05, 4.69) is 5.32 Å². The van der Waals surface area contributed by atoms with Crippen molar-refractivity contribution in [3.05, 3.63) is 69.8 Å². The molecule has 0 aromatic heterocycles. The minimum absolute atomic E-state index is 0.113. The van der Waals surface area contributed by atoms with E-state index >= 15 is 0 Å². The van der Waals surface area contributed by atoms with Crippen LogP contribution in [-0.4, -0.2) is 12.0 Å². The van der Waals surface area contributed by atoms with Gasteiger partial charge in [-0.25, -0.2) is 0 Å². The van der Waals surface area contributed by atoms with Gasteiger partial charge < -0.3 is 10.1 Å². The van der Waals surface area contributed by atoms with Crippen molar-refractivity contribution in [2.75, 3.05) is 7.11 Å². The molecule has 0 radical (unpaired) electrons. The van der Waals surface area contributed by atoms with Gasteiger partial charge in [0.1, 0.15) is 5.75 Å². The zero-order valence-electron chi connectivity index (χ0n) is 12.1. The number of hydrogen-bond donors (Lipinski definition) is 1. The summed E-state index contributed by atoms with van der Waals surface area (Å²) in [4.78, 5) is 10.7. The molecule has 0 amide bonds. The summed E-state index contributed by atoms with van der Waals surface area (Å²) in [5.41, 5.74) is 1.90. The van der Waals surface area contributed by atoms with Crippen LogP contribution in [0.1, 0.15) is 24.1 Å². The standard InChI is InChI=1S/C16H18N2O3/c1-12(15-8-3-4-9-16(15)18(19)20)17-11-13-6-5-7-14(10-13)21-2/h3-10,12,17H,11H2,1-2H3. The molecule has 1 N–H and O–H groups in total. The Labute approximate surface area is 123 Å². The van der Waals surface area contributed by atoms with Gasteiger partial charge >= 0.3 is 0 Å². The highest BCUT2D eigenvalue weighted by atomic mass is 16.6. The van der Waals surface area contributed by atoms with Gasteiger partial charge in [0.15, 0.2) is 0 Å². The van der Waals surface area contributed by atoms with Crippen LogP contribution >= 0.6 is 0 Å². The Bertz CT molecular complexity index is 628. The molecule has 0 fully saturated rings. The Morgan fingerprint density at radius 2 is 2.00 bits per heavy atom. The molecule has 5 heteroatoms. The molecular formula is C16H18N2O3. The van der Waals surface area contributed by atoms with Crippen molar-refractivity contribution >= 4 is 5.69 Å². The molecule has 2 rings (SSSR count). The number of nitrogens with one attached hydrogen (secondary N) is 1. The SMILES string of the molecule is COc1cccc(CNC(C)c2ccccc2[N+](=O)[O-])c1. The fourth-order valence-corrected chi connectivity index (χ4v) is 2.18. The summed E-state index contributed by atoms with van der Waals surface area (Å²) in [5, 5.41) is 14.3. The lowest BCUT2D eigenvalue weighted by Crippen LogP contribution is -2.19. The quantitative estimate of drug-likeness (QED) is 0.652. The predicted molar refractivity (Wildman–Crippen MR) is 81.3 cm³/mol. The number of ether oxygens (including phenoxy) is 1. The monoisotopic (exact) mass is 286 g/mol. The van der Waals surface area contributed by atoms with Gasteiger partial charge in [-0.05, 0) is 24.6 Å². The Balaban J connectivity index is 2.08. The number of rotatable bonds is 6. The van der Waals surface area contributed by atoms with Crippen LogP contribution in [0.4, 0.5) is 5.69 Å². The van der Waals surface area contributed by atoms with Crippen molar-refractivity contribution in [2.24, 2.45) is 0 Å². The molecule has 0 heterocycles. The maximum Gasteiger partial charge on any atom is 0.274 e. The zero-order chi connectivity index (χ0) is 15.2. The van der Waals surface area contributed by atoms with Crippen LogP contribution in [0.5, 0.6) is 5.75 Å². The first-order valence-electron chi connectivity index (χ1n) is 6.71. The van der Waals surface area contributed by atoms with E-state index in [9.17, 15) is 10.1 Å². The molecule has 0 spiro atoms. The second kappa shape index (κ2) is 6.85. The zero-order valence-corrected chi connectivity index (χ0v) is 12.1. The number of hydrogen-bond acceptors (Lipinski definition) is 4. The first-order valence-corrected chi connectivity index (χ1v) is 6.71. The van der Waals surface area contributed by atoms with Crippen LogP contribution in [0.3, 0.4) is 0 Å². The van der Waals surface area contributed by atoms with Gasteiger partial charge in [-0.1, -0.05) is 30.3 Å². The van der Waals surface area contributed by atoms with Crippen LogP contribution in [0.2, 0.25) is 0 Å². The first-order chi connectivity index (χ1) is 10.1. The lowest BCUT2D eigenvalue weighted by Gasteiger charge is -2.14. The Kier molecular flexibility index (Phi) is 4.90. The Morgan fingerprint density at radius 1 is 1.24 bits per heavy atom. The van der Waals surface area contributed by atoms with Gasteiger partial charge in [-0.15, -0.1) is 0 Å². The average Bonchev–Trinajstić information content (AvgIpc) is 2.52. The predicted octanol–water partition coefficient (Wildman–Crippen LogP) is 3.45. The fraction of sp³-hybridized carbons (Fsp3) is 0.250. The van der Waals surface area contributed by atoms with E-state index in [0.29, 0.717) is 12.1 Å². The molecule has 1 atom stereocenters. The molecule has 0 saturated heterocycles. The highest BCUT2D eigenvalue weighted by Crippen LogP contribution is 2.24. The van der Waals surface area contributed by atoms with Gasteiger partial charge in [0.25, 0.3) is 5.69 Å². The highest BCUT2D eigenvalue weighted by molar-refractivity contribution is 5.41. The van der Waals surface area contributed by atoms with Gasteiger partial charge in [0.2, 0.25) is 0 Å². The summed E-state index contributed by atoms with van der Waals surface area (Å²) < 4.78 is 5.18. The van der Waals surface area contributed by atoms with Gasteiger partial charge in [-0.2, -0.15) is 0 Å². The van der Waals surface area contributed by atoms with E-state index in [0.717, 1.165) is 11.3 Å². The molecular weight excluding hydrogens is 268 g/mol. The molecule has 110 valence electrons. The van der Waals surface area contributed by atoms with Crippen molar-refractivity contribution in [3.8, 4) is 5.75 Å². The number of methoxy groups -OCH3 is 1. The lowest BCUT2D eigenvalue weighted by atomic mass is 10.1. The molecule has 0 aliphatic rings. The average molecular weight is 286 g/mol. The number of benzene rings is 2. The second-order valence-electron chi connectivity index (χ2n) is 4.77. The lowest BCUT2D eigenvalue weighted by molar-refractivity contribution is -0.385. The van der Waals surface area contributed by atoms with Gasteiger partial charge in [0, 0.05) is 24.2 Å². The molecule has 0 aliphatic carbocycles. The maximum atomic E-state index is 11.0. The third-order valence-corrected chi connectivity index (χ3v) is 3.35. The molecule has 1 unspecified atom stereocenters. The molecule has 2 aromatic carbocycles. The second-order valence-corrected chi connectivity index (χ2v) is 4.77. The van der Waals surface area contributed by atoms with E-state index in [-0.39, 0.29) is 16.7 Å². The van der Waals surface area contributed by atoms with Crippen LogP contribution in [0, 0.1) is 10.1 Å². The molecule has 2 aromatic rings. The first kappa shape index (κ1) is 15.0. The normalized spacial score (nSPS) is 11.9. The van der Waals surface area contributed by atoms with Crippen LogP contribution in [-0.2, 0) is 6.54 Å². The summed E-state index contributed by atoms with van der Waals surface area (Å²) in [6.45, 7) is 2.53. The van der Waals surface area contributed by atoms with E-state index in [4.69, 9.17) is 4.74 Å². The van der Waals surface area contributed by atoms with E-state index in [1.165, 1.54) is 6.07 Å². The van der Waals surface area contributed by atoms with Crippen molar-refractivity contribution in [1.82, 2.24) is 5.32 Å². The molecule has 0 saturated carbocycles. The summed E-state index contributed by atoms with van der Waals surface area (Å²) in [5.74, 6) is 0.799. The van der Waals surface area contributed by atoms with Crippen molar-refractivity contribution in [3.63, 3.8) is 0 Å². The summed E-state index contributed by atoms with van der Waals surface area (Å²) >= 11 is 0. The van der Waals surface area contributed by atoms with Gasteiger partial charge in [-0.3, -0.25) is 10.1 Å². The molecule has 21 heavy (non-hydrogen) atoms. The summed E-state index contributed by atoms with van der Waals surface area (Å²) in [7, 11) is 1.63. The van der Waals surface area contributed by atoms with E-state index in [1.807, 2.05) is 37.3 Å². The Hall–Kier alpha value is -2.40. The molecule has 5 nitrogen and oxygen atoms in total. The van der Waals surface area contributed by atoms with E-state index in [1.54, 1.807) is 19.2 Å². The number of nitro groups is 1. The largest absolute Gasteiger partial charge is 0.497 e. The van der Waals surface area contributed by atoms with E-state index < -0.39 is 0 Å². The minimum Gasteiger partial charge on any atom is -0.497 e. The fourth-order valence-electron chi connectivity index (χ4n) is 2.18. The highest BCUT2D eigenvalue weighted by Gasteiger charge is 2.17. The van der Waals surface area contributed by atoms with Crippen molar-refractivity contribution in [1.29, 1.82) is 0 Å². The molecule has 0 aliphatic heterocycles. The maximum absolute atomic E-state index is 11.0. The number of nitro benzene ring substituents is 1. The topological polar surface area (TPSA) is 64.4 Å². The van der Waals surface area contributed by atoms with Crippen LogP contribution in [0.25, 0.3) is 0 Å².